The van der Waals surface area contributed by atoms with E-state index in [1.54, 1.807) is 0 Å². The van der Waals surface area contributed by atoms with Gasteiger partial charge in [-0.1, -0.05) is 0 Å². The lowest BCUT2D eigenvalue weighted by atomic mass is 10.2. The third kappa shape index (κ3) is 3.03. The van der Waals surface area contributed by atoms with Crippen molar-refractivity contribution in [2.45, 2.75) is 31.7 Å². The maximum absolute atomic E-state index is 12.4. The van der Waals surface area contributed by atoms with Gasteiger partial charge in [0.25, 0.3) is 0 Å². The summed E-state index contributed by atoms with van der Waals surface area (Å²) in [5, 5.41) is 3.27. The molecule has 1 aromatic carbocycles. The number of hydrogen-bond acceptors (Lipinski definition) is 5. The van der Waals surface area contributed by atoms with Gasteiger partial charge in [0.1, 0.15) is 11.6 Å². The van der Waals surface area contributed by atoms with Gasteiger partial charge in [-0.3, -0.25) is 4.79 Å². The average molecular weight is 315 g/mol. The molecule has 1 aliphatic heterocycles. The van der Waals surface area contributed by atoms with Gasteiger partial charge in [0.05, 0.1) is 13.2 Å². The van der Waals surface area contributed by atoms with Gasteiger partial charge in [-0.2, -0.15) is 0 Å². The van der Waals surface area contributed by atoms with Gasteiger partial charge < -0.3 is 19.4 Å². The van der Waals surface area contributed by atoms with Gasteiger partial charge in [0, 0.05) is 24.7 Å². The highest BCUT2D eigenvalue weighted by atomic mass is 16.5. The van der Waals surface area contributed by atoms with Crippen molar-refractivity contribution in [2.75, 3.05) is 31.6 Å². The number of aromatic nitrogens is 1. The van der Waals surface area contributed by atoms with E-state index in [0.717, 1.165) is 22.7 Å². The molecule has 0 spiro atoms. The second-order valence-corrected chi connectivity index (χ2v) is 6.31. The Morgan fingerprint density at radius 2 is 2.13 bits per heavy atom. The number of nitrogens with one attached hydrogen (secondary N) is 1. The quantitative estimate of drug-likeness (QED) is 0.938. The molecule has 6 nitrogen and oxygen atoms in total. The van der Waals surface area contributed by atoms with Crippen LogP contribution in [0.4, 0.5) is 5.69 Å². The molecule has 1 N–H and O–H groups in total. The first kappa shape index (κ1) is 14.5. The van der Waals surface area contributed by atoms with E-state index in [1.807, 2.05) is 30.0 Å². The van der Waals surface area contributed by atoms with E-state index in [9.17, 15) is 4.79 Å². The summed E-state index contributed by atoms with van der Waals surface area (Å²) >= 11 is 0. The van der Waals surface area contributed by atoms with E-state index >= 15 is 0 Å². The number of morpholine rings is 1. The number of hydrogen-bond donors (Lipinski definition) is 1. The second kappa shape index (κ2) is 5.85. The highest BCUT2D eigenvalue weighted by molar-refractivity contribution is 5.85. The van der Waals surface area contributed by atoms with E-state index in [1.165, 1.54) is 12.8 Å². The van der Waals surface area contributed by atoms with Crippen molar-refractivity contribution < 1.29 is 13.9 Å². The molecule has 1 saturated heterocycles. The zero-order valence-corrected chi connectivity index (χ0v) is 13.2. The highest BCUT2D eigenvalue weighted by Gasteiger charge is 2.29. The van der Waals surface area contributed by atoms with Gasteiger partial charge in [-0.05, 0) is 38.0 Å². The predicted molar refractivity (Wildman–Crippen MR) is 86.5 cm³/mol. The Kier molecular flexibility index (Phi) is 3.69. The van der Waals surface area contributed by atoms with Crippen molar-refractivity contribution in [3.63, 3.8) is 0 Å². The van der Waals surface area contributed by atoms with Crippen LogP contribution >= 0.6 is 0 Å². The number of carbonyl (C=O) groups excluding carboxylic acids is 1. The fourth-order valence-corrected chi connectivity index (χ4v) is 2.91. The molecule has 1 aromatic heterocycles. The molecule has 6 heteroatoms. The van der Waals surface area contributed by atoms with Crippen LogP contribution in [0.5, 0.6) is 0 Å². The van der Waals surface area contributed by atoms with Crippen LogP contribution in [-0.4, -0.2) is 48.1 Å². The summed E-state index contributed by atoms with van der Waals surface area (Å²) in [6.45, 7) is 4.46. The number of anilines is 1. The molecule has 2 fully saturated rings. The minimum atomic E-state index is -0.277. The van der Waals surface area contributed by atoms with E-state index in [0.29, 0.717) is 32.2 Å². The van der Waals surface area contributed by atoms with E-state index in [-0.39, 0.29) is 11.9 Å². The van der Waals surface area contributed by atoms with Gasteiger partial charge >= 0.3 is 0 Å². The fraction of sp³-hybridized carbons (Fsp3) is 0.529. The molecule has 0 unspecified atom stereocenters. The van der Waals surface area contributed by atoms with E-state index < -0.39 is 0 Å². The smallest absolute Gasteiger partial charge is 0.244 e. The first-order valence-corrected chi connectivity index (χ1v) is 8.24. The summed E-state index contributed by atoms with van der Waals surface area (Å²) in [7, 11) is 0. The maximum Gasteiger partial charge on any atom is 0.244 e. The Morgan fingerprint density at radius 1 is 1.35 bits per heavy atom. The molecule has 2 aromatic rings. The van der Waals surface area contributed by atoms with Crippen LogP contribution in [0, 0.1) is 0 Å². The Labute approximate surface area is 134 Å². The average Bonchev–Trinajstić information content (AvgIpc) is 3.34. The number of ether oxygens (including phenoxy) is 1. The number of nitrogens with zero attached hydrogens (tertiary/aromatic N) is 2. The zero-order chi connectivity index (χ0) is 15.8. The Hall–Kier alpha value is -2.08. The van der Waals surface area contributed by atoms with Gasteiger partial charge in [0.2, 0.25) is 5.91 Å². The largest absolute Gasteiger partial charge is 0.440 e. The van der Waals surface area contributed by atoms with Crippen molar-refractivity contribution in [3.8, 4) is 0 Å². The Morgan fingerprint density at radius 3 is 2.87 bits per heavy atom. The third-order valence-electron chi connectivity index (χ3n) is 4.41. The summed E-state index contributed by atoms with van der Waals surface area (Å²) in [6, 6.07) is 5.53. The lowest BCUT2D eigenvalue weighted by Gasteiger charge is -2.29. The van der Waals surface area contributed by atoms with Crippen molar-refractivity contribution in [3.05, 3.63) is 24.1 Å². The molecule has 0 bridgehead atoms. The summed E-state index contributed by atoms with van der Waals surface area (Å²) in [6.07, 6.45) is 2.34. The molecule has 1 saturated carbocycles. The Balaban J connectivity index is 1.46. The minimum Gasteiger partial charge on any atom is -0.440 e. The highest BCUT2D eigenvalue weighted by Crippen LogP contribution is 2.40. The molecular weight excluding hydrogens is 294 g/mol. The van der Waals surface area contributed by atoms with Crippen LogP contribution in [0.3, 0.4) is 0 Å². The number of oxazole rings is 1. The molecule has 0 radical (unpaired) electrons. The molecule has 1 atom stereocenters. The fourth-order valence-electron chi connectivity index (χ4n) is 2.91. The first-order valence-electron chi connectivity index (χ1n) is 8.24. The van der Waals surface area contributed by atoms with Gasteiger partial charge in [-0.25, -0.2) is 4.98 Å². The molecule has 23 heavy (non-hydrogen) atoms. The first-order chi connectivity index (χ1) is 11.2. The van der Waals surface area contributed by atoms with E-state index in [2.05, 4.69) is 10.3 Å². The lowest BCUT2D eigenvalue weighted by Crippen LogP contribution is -2.46. The molecule has 2 heterocycles. The van der Waals surface area contributed by atoms with Crippen LogP contribution in [0.15, 0.2) is 22.6 Å². The minimum absolute atomic E-state index is 0.104. The molecule has 4 rings (SSSR count). The second-order valence-electron chi connectivity index (χ2n) is 6.31. The van der Waals surface area contributed by atoms with Gasteiger partial charge in [-0.15, -0.1) is 0 Å². The number of amides is 1. The van der Waals surface area contributed by atoms with Crippen LogP contribution in [0.1, 0.15) is 31.6 Å². The van der Waals surface area contributed by atoms with Crippen molar-refractivity contribution >= 4 is 22.7 Å². The number of carbonyl (C=O) groups is 1. The monoisotopic (exact) mass is 315 g/mol. The summed E-state index contributed by atoms with van der Waals surface area (Å²) in [5.41, 5.74) is 2.55. The van der Waals surface area contributed by atoms with Crippen LogP contribution in [-0.2, 0) is 9.53 Å². The summed E-state index contributed by atoms with van der Waals surface area (Å²) < 4.78 is 11.1. The SMILES string of the molecule is C[C@H](Nc1ccc2oc(C3CC3)nc2c1)C(=O)N1CCOCC1. The van der Waals surface area contributed by atoms with Gasteiger partial charge in [0.15, 0.2) is 11.5 Å². The molecule has 2 aliphatic rings. The summed E-state index contributed by atoms with van der Waals surface area (Å²) in [4.78, 5) is 18.8. The maximum atomic E-state index is 12.4. The lowest BCUT2D eigenvalue weighted by molar-refractivity contribution is -0.135. The molecule has 122 valence electrons. The summed E-state index contributed by atoms with van der Waals surface area (Å²) in [5.74, 6) is 1.45. The molecule has 1 amide bonds. The van der Waals surface area contributed by atoms with Crippen molar-refractivity contribution in [1.82, 2.24) is 9.88 Å². The number of fused-ring (bicyclic) bond motifs is 1. The number of benzene rings is 1. The topological polar surface area (TPSA) is 67.6 Å². The molecule has 1 aliphatic carbocycles. The normalized spacial score (nSPS) is 19.8. The number of rotatable bonds is 4. The van der Waals surface area contributed by atoms with Crippen LogP contribution in [0.2, 0.25) is 0 Å². The van der Waals surface area contributed by atoms with Crippen LogP contribution < -0.4 is 5.32 Å². The predicted octanol–water partition coefficient (Wildman–Crippen LogP) is 2.36. The standard InChI is InChI=1S/C17H21N3O3/c1-11(17(21)20-6-8-22-9-7-20)18-13-4-5-15-14(10-13)19-16(23-15)12-2-3-12/h4-5,10-12,18H,2-3,6-9H2,1H3/t11-/m0/s1. The van der Waals surface area contributed by atoms with Crippen molar-refractivity contribution in [2.24, 2.45) is 0 Å². The zero-order valence-electron chi connectivity index (χ0n) is 13.2. The third-order valence-corrected chi connectivity index (χ3v) is 4.41. The van der Waals surface area contributed by atoms with Crippen LogP contribution in [0.25, 0.3) is 11.1 Å². The van der Waals surface area contributed by atoms with Crippen molar-refractivity contribution in [1.29, 1.82) is 0 Å². The van der Waals surface area contributed by atoms with E-state index in [4.69, 9.17) is 9.15 Å². The Bertz CT molecular complexity index is 717. The molecular formula is C17H21N3O3.